The fourth-order valence-corrected chi connectivity index (χ4v) is 2.68. The normalized spacial score (nSPS) is 26.5. The highest BCUT2D eigenvalue weighted by molar-refractivity contribution is 5.00. The molecule has 0 spiro atoms. The zero-order valence-electron chi connectivity index (χ0n) is 10.1. The summed E-state index contributed by atoms with van der Waals surface area (Å²) in [5.74, 6) is 3.18. The van der Waals surface area contributed by atoms with Crippen molar-refractivity contribution in [3.05, 3.63) is 11.6 Å². The van der Waals surface area contributed by atoms with Gasteiger partial charge in [0.25, 0.3) is 0 Å². The van der Waals surface area contributed by atoms with Crippen LogP contribution in [0.4, 0.5) is 0 Å². The Labute approximate surface area is 101 Å². The van der Waals surface area contributed by atoms with Crippen LogP contribution < -0.4 is 5.32 Å². The summed E-state index contributed by atoms with van der Waals surface area (Å²) in [6.07, 6.45) is 4.61. The van der Waals surface area contributed by atoms with E-state index in [1.54, 1.807) is 0 Å². The van der Waals surface area contributed by atoms with E-state index in [9.17, 15) is 0 Å². The summed E-state index contributed by atoms with van der Waals surface area (Å²) < 4.78 is 5.37. The lowest BCUT2D eigenvalue weighted by molar-refractivity contribution is 0.193. The van der Waals surface area contributed by atoms with Crippen LogP contribution >= 0.6 is 0 Å². The average Bonchev–Trinajstić information content (AvgIpc) is 3.00. The van der Waals surface area contributed by atoms with E-state index in [0.29, 0.717) is 5.92 Å². The molecule has 5 nitrogen and oxygen atoms in total. The average molecular weight is 236 g/mol. The third-order valence-corrected chi connectivity index (χ3v) is 3.78. The van der Waals surface area contributed by atoms with E-state index in [4.69, 9.17) is 4.74 Å². The second-order valence-electron chi connectivity index (χ2n) is 5.10. The van der Waals surface area contributed by atoms with Gasteiger partial charge in [0.15, 0.2) is 5.82 Å². The maximum absolute atomic E-state index is 5.37. The zero-order valence-corrected chi connectivity index (χ0v) is 10.1. The monoisotopic (exact) mass is 236 g/mol. The van der Waals surface area contributed by atoms with E-state index >= 15 is 0 Å². The third-order valence-electron chi connectivity index (χ3n) is 3.78. The Hall–Kier alpha value is -0.940. The number of hydrogen-bond donors (Lipinski definition) is 2. The molecule has 0 amide bonds. The maximum atomic E-state index is 5.37. The summed E-state index contributed by atoms with van der Waals surface area (Å²) in [6, 6.07) is 0. The van der Waals surface area contributed by atoms with Gasteiger partial charge >= 0.3 is 0 Å². The first-order valence-corrected chi connectivity index (χ1v) is 6.61. The minimum atomic E-state index is 0.410. The number of nitrogens with zero attached hydrogens (tertiary/aromatic N) is 2. The first kappa shape index (κ1) is 11.2. The number of rotatable bonds is 3. The number of aromatic amines is 1. The quantitative estimate of drug-likeness (QED) is 0.816. The van der Waals surface area contributed by atoms with Crippen molar-refractivity contribution in [1.29, 1.82) is 0 Å². The van der Waals surface area contributed by atoms with Crippen LogP contribution in [0.1, 0.15) is 36.8 Å². The highest BCUT2D eigenvalue weighted by atomic mass is 16.5. The third kappa shape index (κ3) is 2.66. The van der Waals surface area contributed by atoms with Crippen LogP contribution in [-0.4, -0.2) is 41.5 Å². The van der Waals surface area contributed by atoms with E-state index in [1.165, 1.54) is 12.8 Å². The predicted molar refractivity (Wildman–Crippen MR) is 63.9 cm³/mol. The molecule has 5 heteroatoms. The minimum Gasteiger partial charge on any atom is -0.381 e. The van der Waals surface area contributed by atoms with E-state index in [1.807, 2.05) is 0 Å². The molecule has 0 bridgehead atoms. The molecule has 2 aliphatic heterocycles. The SMILES string of the molecule is C1CC(Cc2nc(C3CCOC3)n[nH]2)CCN1. The summed E-state index contributed by atoms with van der Waals surface area (Å²) in [5.41, 5.74) is 0. The van der Waals surface area contributed by atoms with E-state index in [0.717, 1.165) is 56.7 Å². The summed E-state index contributed by atoms with van der Waals surface area (Å²) in [6.45, 7) is 3.91. The van der Waals surface area contributed by atoms with E-state index in [2.05, 4.69) is 20.5 Å². The molecule has 1 aromatic heterocycles. The van der Waals surface area contributed by atoms with Crippen molar-refractivity contribution in [2.24, 2.45) is 5.92 Å². The van der Waals surface area contributed by atoms with E-state index < -0.39 is 0 Å². The first-order valence-electron chi connectivity index (χ1n) is 6.61. The minimum absolute atomic E-state index is 0.410. The summed E-state index contributed by atoms with van der Waals surface area (Å²) in [7, 11) is 0. The van der Waals surface area contributed by atoms with Gasteiger partial charge < -0.3 is 10.1 Å². The number of aromatic nitrogens is 3. The molecule has 1 atom stereocenters. The Balaban J connectivity index is 1.59. The molecule has 3 heterocycles. The lowest BCUT2D eigenvalue weighted by atomic mass is 9.94. The maximum Gasteiger partial charge on any atom is 0.156 e. The van der Waals surface area contributed by atoms with Crippen LogP contribution in [-0.2, 0) is 11.2 Å². The molecule has 2 aliphatic rings. The number of hydrogen-bond acceptors (Lipinski definition) is 4. The fraction of sp³-hybridized carbons (Fsp3) is 0.833. The number of nitrogens with one attached hydrogen (secondary N) is 2. The van der Waals surface area contributed by atoms with Gasteiger partial charge in [0, 0.05) is 18.9 Å². The molecular weight excluding hydrogens is 216 g/mol. The first-order chi connectivity index (χ1) is 8.42. The molecule has 3 rings (SSSR count). The smallest absolute Gasteiger partial charge is 0.156 e. The summed E-state index contributed by atoms with van der Waals surface area (Å²) in [5, 5.41) is 10.8. The van der Waals surface area contributed by atoms with Crippen LogP contribution in [0.15, 0.2) is 0 Å². The summed E-state index contributed by atoms with van der Waals surface area (Å²) in [4.78, 5) is 4.62. The van der Waals surface area contributed by atoms with E-state index in [-0.39, 0.29) is 0 Å². The lowest BCUT2D eigenvalue weighted by Crippen LogP contribution is -2.28. The Morgan fingerprint density at radius 1 is 1.24 bits per heavy atom. The molecule has 1 aromatic rings. The van der Waals surface area contributed by atoms with Crippen molar-refractivity contribution in [2.75, 3.05) is 26.3 Å². The van der Waals surface area contributed by atoms with Crippen LogP contribution in [0, 0.1) is 5.92 Å². The van der Waals surface area contributed by atoms with Crippen molar-refractivity contribution in [3.8, 4) is 0 Å². The molecule has 0 saturated carbocycles. The number of piperidine rings is 1. The van der Waals surface area contributed by atoms with Gasteiger partial charge in [-0.25, -0.2) is 4.98 Å². The molecule has 0 aliphatic carbocycles. The molecule has 94 valence electrons. The second-order valence-corrected chi connectivity index (χ2v) is 5.10. The molecule has 1 unspecified atom stereocenters. The van der Waals surface area contributed by atoms with Crippen molar-refractivity contribution in [3.63, 3.8) is 0 Å². The molecule has 2 N–H and O–H groups in total. The van der Waals surface area contributed by atoms with Crippen molar-refractivity contribution >= 4 is 0 Å². The standard InChI is InChI=1S/C12H20N4O/c1-4-13-5-2-9(1)7-11-14-12(16-15-11)10-3-6-17-8-10/h9-10,13H,1-8H2,(H,14,15,16). The lowest BCUT2D eigenvalue weighted by Gasteiger charge is -2.21. The van der Waals surface area contributed by atoms with Gasteiger partial charge in [-0.15, -0.1) is 0 Å². The largest absolute Gasteiger partial charge is 0.381 e. The van der Waals surface area contributed by atoms with Crippen molar-refractivity contribution < 1.29 is 4.74 Å². The van der Waals surface area contributed by atoms with Crippen molar-refractivity contribution in [1.82, 2.24) is 20.5 Å². The topological polar surface area (TPSA) is 62.8 Å². The second kappa shape index (κ2) is 5.14. The highest BCUT2D eigenvalue weighted by Gasteiger charge is 2.23. The summed E-state index contributed by atoms with van der Waals surface area (Å²) >= 11 is 0. The molecule has 17 heavy (non-hydrogen) atoms. The van der Waals surface area contributed by atoms with Gasteiger partial charge in [0.05, 0.1) is 6.61 Å². The molecule has 2 saturated heterocycles. The van der Waals surface area contributed by atoms with Crippen LogP contribution in [0.25, 0.3) is 0 Å². The van der Waals surface area contributed by atoms with Gasteiger partial charge in [0.1, 0.15) is 5.82 Å². The Bertz CT molecular complexity index is 353. The van der Waals surface area contributed by atoms with Gasteiger partial charge in [-0.2, -0.15) is 5.10 Å². The molecular formula is C12H20N4O. The van der Waals surface area contributed by atoms with Crippen molar-refractivity contribution in [2.45, 2.75) is 31.6 Å². The Kier molecular flexibility index (Phi) is 3.38. The zero-order chi connectivity index (χ0) is 11.5. The van der Waals surface area contributed by atoms with Crippen LogP contribution in [0.2, 0.25) is 0 Å². The van der Waals surface area contributed by atoms with Crippen LogP contribution in [0.5, 0.6) is 0 Å². The van der Waals surface area contributed by atoms with Gasteiger partial charge in [-0.1, -0.05) is 0 Å². The van der Waals surface area contributed by atoms with Gasteiger partial charge in [-0.05, 0) is 38.3 Å². The highest BCUT2D eigenvalue weighted by Crippen LogP contribution is 2.23. The predicted octanol–water partition coefficient (Wildman–Crippen LogP) is 0.851. The Morgan fingerprint density at radius 2 is 2.12 bits per heavy atom. The number of H-pyrrole nitrogens is 1. The fourth-order valence-electron chi connectivity index (χ4n) is 2.68. The van der Waals surface area contributed by atoms with Gasteiger partial charge in [-0.3, -0.25) is 5.10 Å². The molecule has 0 radical (unpaired) electrons. The van der Waals surface area contributed by atoms with Gasteiger partial charge in [0.2, 0.25) is 0 Å². The van der Waals surface area contributed by atoms with Crippen LogP contribution in [0.3, 0.4) is 0 Å². The molecule has 0 aromatic carbocycles. The Morgan fingerprint density at radius 3 is 2.88 bits per heavy atom. The number of ether oxygens (including phenoxy) is 1. The molecule has 2 fully saturated rings.